The molecular weight excluding hydrogens is 422 g/mol. The summed E-state index contributed by atoms with van der Waals surface area (Å²) < 4.78 is 27.2. The zero-order chi connectivity index (χ0) is 22.6. The molecule has 172 valence electrons. The van der Waals surface area contributed by atoms with E-state index in [2.05, 4.69) is 24.1 Å². The molecule has 0 radical (unpaired) electrons. The highest BCUT2D eigenvalue weighted by molar-refractivity contribution is 7.89. The minimum absolute atomic E-state index is 0.0690. The van der Waals surface area contributed by atoms with Crippen LogP contribution >= 0.6 is 0 Å². The van der Waals surface area contributed by atoms with E-state index in [1.165, 1.54) is 5.56 Å². The Morgan fingerprint density at radius 2 is 1.59 bits per heavy atom. The predicted molar refractivity (Wildman–Crippen MR) is 126 cm³/mol. The number of piperidine rings is 1. The first-order chi connectivity index (χ1) is 15.4. The van der Waals surface area contributed by atoms with Gasteiger partial charge in [-0.3, -0.25) is 4.79 Å². The van der Waals surface area contributed by atoms with Crippen molar-refractivity contribution in [3.63, 3.8) is 0 Å². The van der Waals surface area contributed by atoms with Crippen LogP contribution in [-0.2, 0) is 21.2 Å². The summed E-state index contributed by atoms with van der Waals surface area (Å²) in [4.78, 5) is 17.7. The molecule has 1 atom stereocenters. The molecule has 2 aliphatic heterocycles. The molecule has 2 aliphatic rings. The molecule has 0 unspecified atom stereocenters. The highest BCUT2D eigenvalue weighted by Crippen LogP contribution is 2.26. The highest BCUT2D eigenvalue weighted by Gasteiger charge is 2.30. The lowest BCUT2D eigenvalue weighted by Crippen LogP contribution is -2.49. The van der Waals surface area contributed by atoms with E-state index in [4.69, 9.17) is 0 Å². The lowest BCUT2D eigenvalue weighted by Gasteiger charge is -2.40. The van der Waals surface area contributed by atoms with Crippen molar-refractivity contribution in [3.8, 4) is 0 Å². The number of piperazine rings is 1. The minimum atomic E-state index is -3.42. The van der Waals surface area contributed by atoms with E-state index in [-0.39, 0.29) is 11.9 Å². The molecule has 2 aromatic rings. The van der Waals surface area contributed by atoms with E-state index in [9.17, 15) is 13.2 Å². The maximum absolute atomic E-state index is 13.1. The van der Waals surface area contributed by atoms with Crippen LogP contribution < -0.4 is 0 Å². The Bertz CT molecular complexity index is 1000. The van der Waals surface area contributed by atoms with Crippen molar-refractivity contribution in [1.29, 1.82) is 0 Å². The minimum Gasteiger partial charge on any atom is -0.333 e. The van der Waals surface area contributed by atoms with Gasteiger partial charge in [0.05, 0.1) is 10.9 Å². The first-order valence-electron chi connectivity index (χ1n) is 11.6. The van der Waals surface area contributed by atoms with Crippen molar-refractivity contribution in [1.82, 2.24) is 14.1 Å². The Hall–Kier alpha value is -2.22. The number of likely N-dealkylation sites (N-methyl/N-ethyl adjacent to an activating group) is 1. The Labute approximate surface area is 191 Å². The lowest BCUT2D eigenvalue weighted by atomic mass is 10.0. The van der Waals surface area contributed by atoms with Gasteiger partial charge in [-0.05, 0) is 49.6 Å². The van der Waals surface area contributed by atoms with E-state index in [0.29, 0.717) is 30.8 Å². The van der Waals surface area contributed by atoms with Crippen LogP contribution in [0.15, 0.2) is 59.5 Å². The van der Waals surface area contributed by atoms with Crippen LogP contribution in [-0.4, -0.2) is 68.2 Å². The molecule has 0 aromatic heterocycles. The highest BCUT2D eigenvalue weighted by atomic mass is 32.2. The summed E-state index contributed by atoms with van der Waals surface area (Å²) in [5, 5.41) is 0. The van der Waals surface area contributed by atoms with Crippen LogP contribution in [0.25, 0.3) is 0 Å². The largest absolute Gasteiger partial charge is 0.333 e. The number of carbonyl (C=O) groups excluding carboxylic acids is 1. The van der Waals surface area contributed by atoms with Gasteiger partial charge in [-0.1, -0.05) is 48.9 Å². The zero-order valence-corrected chi connectivity index (χ0v) is 19.6. The number of benzene rings is 2. The van der Waals surface area contributed by atoms with E-state index in [1.807, 2.05) is 35.2 Å². The van der Waals surface area contributed by atoms with Crippen LogP contribution in [0.3, 0.4) is 0 Å². The fraction of sp³-hybridized carbons (Fsp3) is 0.480. The second-order valence-electron chi connectivity index (χ2n) is 8.88. The van der Waals surface area contributed by atoms with Crippen LogP contribution in [0, 0.1) is 0 Å². The molecule has 0 saturated carbocycles. The molecule has 32 heavy (non-hydrogen) atoms. The lowest BCUT2D eigenvalue weighted by molar-refractivity contribution is -0.136. The number of rotatable bonds is 6. The van der Waals surface area contributed by atoms with E-state index < -0.39 is 10.0 Å². The quantitative estimate of drug-likeness (QED) is 0.671. The van der Waals surface area contributed by atoms with Gasteiger partial charge in [0, 0.05) is 39.1 Å². The zero-order valence-electron chi connectivity index (χ0n) is 18.8. The number of hydrogen-bond acceptors (Lipinski definition) is 4. The molecule has 6 nitrogen and oxygen atoms in total. The average Bonchev–Trinajstić information content (AvgIpc) is 2.84. The van der Waals surface area contributed by atoms with Crippen molar-refractivity contribution in [2.45, 2.75) is 43.0 Å². The second kappa shape index (κ2) is 10.1. The Kier molecular flexibility index (Phi) is 7.28. The Morgan fingerprint density at radius 1 is 0.906 bits per heavy atom. The Balaban J connectivity index is 1.39. The normalized spacial score (nSPS) is 20.9. The number of sulfonamides is 1. The predicted octanol–water partition coefficient (Wildman–Crippen LogP) is 3.31. The second-order valence-corrected chi connectivity index (χ2v) is 10.8. The van der Waals surface area contributed by atoms with Crippen molar-refractivity contribution >= 4 is 15.9 Å². The van der Waals surface area contributed by atoms with Gasteiger partial charge in [-0.2, -0.15) is 4.31 Å². The van der Waals surface area contributed by atoms with Gasteiger partial charge < -0.3 is 9.80 Å². The first-order valence-corrected chi connectivity index (χ1v) is 13.0. The third kappa shape index (κ3) is 5.22. The smallest absolute Gasteiger partial charge is 0.243 e. The number of hydrogen-bond donors (Lipinski definition) is 0. The number of amides is 1. The van der Waals surface area contributed by atoms with Crippen molar-refractivity contribution in [2.24, 2.45) is 0 Å². The molecule has 2 aromatic carbocycles. The van der Waals surface area contributed by atoms with E-state index in [0.717, 1.165) is 44.5 Å². The molecule has 4 rings (SSSR count). The Morgan fingerprint density at radius 3 is 2.28 bits per heavy atom. The van der Waals surface area contributed by atoms with Gasteiger partial charge >= 0.3 is 0 Å². The van der Waals surface area contributed by atoms with E-state index >= 15 is 0 Å². The van der Waals surface area contributed by atoms with Gasteiger partial charge in [-0.15, -0.1) is 0 Å². The van der Waals surface area contributed by atoms with Crippen molar-refractivity contribution in [2.75, 3.05) is 39.8 Å². The van der Waals surface area contributed by atoms with Crippen molar-refractivity contribution < 1.29 is 13.2 Å². The summed E-state index contributed by atoms with van der Waals surface area (Å²) >= 11 is 0. The van der Waals surface area contributed by atoms with Gasteiger partial charge in [0.25, 0.3) is 0 Å². The number of aryl methyl sites for hydroxylation is 1. The third-order valence-corrected chi connectivity index (χ3v) is 8.50. The topological polar surface area (TPSA) is 60.9 Å². The molecule has 0 aliphatic carbocycles. The summed E-state index contributed by atoms with van der Waals surface area (Å²) in [6, 6.07) is 17.4. The monoisotopic (exact) mass is 455 g/mol. The summed E-state index contributed by atoms with van der Waals surface area (Å²) in [5.74, 6) is 0.150. The fourth-order valence-corrected chi connectivity index (χ4v) is 6.17. The van der Waals surface area contributed by atoms with Gasteiger partial charge in [0.15, 0.2) is 0 Å². The molecule has 0 N–H and O–H groups in total. The van der Waals surface area contributed by atoms with Crippen LogP contribution in [0.1, 0.15) is 42.9 Å². The summed E-state index contributed by atoms with van der Waals surface area (Å²) in [6.07, 6.45) is 3.98. The van der Waals surface area contributed by atoms with Crippen molar-refractivity contribution in [3.05, 3.63) is 65.7 Å². The fourth-order valence-electron chi connectivity index (χ4n) is 4.66. The molecular formula is C25H33N3O3S. The van der Waals surface area contributed by atoms with E-state index in [1.54, 1.807) is 16.4 Å². The summed E-state index contributed by atoms with van der Waals surface area (Å²) in [7, 11) is -1.32. The maximum atomic E-state index is 13.1. The number of nitrogens with zero attached hydrogens (tertiary/aromatic N) is 3. The van der Waals surface area contributed by atoms with Gasteiger partial charge in [0.2, 0.25) is 15.9 Å². The van der Waals surface area contributed by atoms with Gasteiger partial charge in [-0.25, -0.2) is 8.42 Å². The standard InChI is InChI=1S/C25H33N3O3S/c1-26-18-19-28(24(20-26)22-8-4-2-5-9-22)25(29)15-12-21-10-13-23(14-11-21)32(30,31)27-16-6-3-7-17-27/h2,4-5,8-11,13-14,24H,3,6-7,12,15-20H2,1H3/t24-/m0/s1. The van der Waals surface area contributed by atoms with Crippen LogP contribution in [0.2, 0.25) is 0 Å². The molecule has 2 heterocycles. The number of carbonyl (C=O) groups is 1. The van der Waals surface area contributed by atoms with Crippen LogP contribution in [0.4, 0.5) is 0 Å². The van der Waals surface area contributed by atoms with Crippen LogP contribution in [0.5, 0.6) is 0 Å². The SMILES string of the molecule is CN1CCN(C(=O)CCc2ccc(S(=O)(=O)N3CCCCC3)cc2)[C@H](c2ccccc2)C1. The average molecular weight is 456 g/mol. The maximum Gasteiger partial charge on any atom is 0.243 e. The first kappa shape index (κ1) is 23.0. The molecule has 2 saturated heterocycles. The summed E-state index contributed by atoms with van der Waals surface area (Å²) in [5.41, 5.74) is 2.15. The molecule has 7 heteroatoms. The third-order valence-electron chi connectivity index (χ3n) is 6.59. The molecule has 0 spiro atoms. The summed E-state index contributed by atoms with van der Waals surface area (Å²) in [6.45, 7) is 3.64. The van der Waals surface area contributed by atoms with Gasteiger partial charge in [0.1, 0.15) is 0 Å². The molecule has 0 bridgehead atoms. The molecule has 1 amide bonds. The molecule has 2 fully saturated rings.